The van der Waals surface area contributed by atoms with Crippen LogP contribution in [0.15, 0.2) is 4.52 Å². The summed E-state index contributed by atoms with van der Waals surface area (Å²) in [5.74, 6) is 1.72. The van der Waals surface area contributed by atoms with Gasteiger partial charge < -0.3 is 9.84 Å². The lowest BCUT2D eigenvalue weighted by atomic mass is 9.96. The summed E-state index contributed by atoms with van der Waals surface area (Å²) in [6, 6.07) is 0. The molecule has 20 heavy (non-hydrogen) atoms. The van der Waals surface area contributed by atoms with Gasteiger partial charge in [0.25, 0.3) is 0 Å². The van der Waals surface area contributed by atoms with E-state index in [4.69, 9.17) is 4.52 Å². The van der Waals surface area contributed by atoms with Gasteiger partial charge in [0.2, 0.25) is 0 Å². The number of hydrogen-bond acceptors (Lipinski definition) is 4. The van der Waals surface area contributed by atoms with Crippen molar-refractivity contribution in [3.05, 3.63) is 17.0 Å². The molecular formula is C16H29N3O. The predicted molar refractivity (Wildman–Crippen MR) is 81.7 cm³/mol. The second kappa shape index (κ2) is 6.27. The molecule has 1 aromatic heterocycles. The van der Waals surface area contributed by atoms with Crippen molar-refractivity contribution >= 4 is 0 Å². The van der Waals surface area contributed by atoms with Gasteiger partial charge in [-0.25, -0.2) is 0 Å². The number of hydrogen-bond donors (Lipinski definition) is 1. The lowest BCUT2D eigenvalue weighted by Crippen LogP contribution is -2.44. The molecule has 4 heteroatoms. The standard InChI is InChI=1S/C16H29N3O/c1-12-15(13(2)20-18-12)11-19-8-6-7-14(10-19)9-17-16(3,4)5/h14,17H,6-11H2,1-5H3. The number of nitrogens with zero attached hydrogens (tertiary/aromatic N) is 2. The van der Waals surface area contributed by atoms with Crippen LogP contribution in [-0.2, 0) is 6.54 Å². The monoisotopic (exact) mass is 279 g/mol. The lowest BCUT2D eigenvalue weighted by molar-refractivity contribution is 0.159. The van der Waals surface area contributed by atoms with Gasteiger partial charge >= 0.3 is 0 Å². The first-order chi connectivity index (χ1) is 9.35. The molecule has 1 aliphatic heterocycles. The van der Waals surface area contributed by atoms with Crippen LogP contribution in [0.2, 0.25) is 0 Å². The number of likely N-dealkylation sites (tertiary alicyclic amines) is 1. The summed E-state index contributed by atoms with van der Waals surface area (Å²) in [4.78, 5) is 2.55. The van der Waals surface area contributed by atoms with Crippen LogP contribution in [0.25, 0.3) is 0 Å². The highest BCUT2D eigenvalue weighted by molar-refractivity contribution is 5.20. The number of aryl methyl sites for hydroxylation is 2. The van der Waals surface area contributed by atoms with Gasteiger partial charge in [0, 0.05) is 24.2 Å². The maximum Gasteiger partial charge on any atom is 0.138 e. The van der Waals surface area contributed by atoms with Crippen LogP contribution in [0.1, 0.15) is 50.6 Å². The molecule has 0 aromatic carbocycles. The zero-order valence-electron chi connectivity index (χ0n) is 13.6. The average molecular weight is 279 g/mol. The van der Waals surface area contributed by atoms with Crippen LogP contribution in [0.3, 0.4) is 0 Å². The third kappa shape index (κ3) is 4.32. The van der Waals surface area contributed by atoms with Crippen LogP contribution >= 0.6 is 0 Å². The molecule has 0 radical (unpaired) electrons. The molecule has 0 amide bonds. The molecule has 0 saturated carbocycles. The fourth-order valence-electron chi connectivity index (χ4n) is 2.86. The Kier molecular flexibility index (Phi) is 4.86. The number of aromatic nitrogens is 1. The Morgan fingerprint density at radius 2 is 2.10 bits per heavy atom. The van der Waals surface area contributed by atoms with Crippen molar-refractivity contribution in [3.8, 4) is 0 Å². The van der Waals surface area contributed by atoms with E-state index in [1.807, 2.05) is 13.8 Å². The molecular weight excluding hydrogens is 250 g/mol. The maximum atomic E-state index is 5.27. The summed E-state index contributed by atoms with van der Waals surface area (Å²) in [6.45, 7) is 15.2. The Morgan fingerprint density at radius 1 is 1.35 bits per heavy atom. The summed E-state index contributed by atoms with van der Waals surface area (Å²) >= 11 is 0. The van der Waals surface area contributed by atoms with Crippen LogP contribution < -0.4 is 5.32 Å². The van der Waals surface area contributed by atoms with Crippen molar-refractivity contribution in [2.24, 2.45) is 5.92 Å². The van der Waals surface area contributed by atoms with E-state index in [-0.39, 0.29) is 5.54 Å². The van der Waals surface area contributed by atoms with Crippen molar-refractivity contribution in [2.75, 3.05) is 19.6 Å². The van der Waals surface area contributed by atoms with E-state index in [1.54, 1.807) is 0 Å². The Morgan fingerprint density at radius 3 is 2.70 bits per heavy atom. The molecule has 1 aliphatic rings. The van der Waals surface area contributed by atoms with Crippen LogP contribution in [-0.4, -0.2) is 35.2 Å². The number of piperidine rings is 1. The first-order valence-corrected chi connectivity index (χ1v) is 7.74. The van der Waals surface area contributed by atoms with Gasteiger partial charge in [0.1, 0.15) is 5.76 Å². The van der Waals surface area contributed by atoms with Crippen LogP contribution in [0.4, 0.5) is 0 Å². The zero-order chi connectivity index (χ0) is 14.8. The molecule has 0 bridgehead atoms. The summed E-state index contributed by atoms with van der Waals surface area (Å²) in [6.07, 6.45) is 2.63. The Labute approximate surface area is 122 Å². The third-order valence-electron chi connectivity index (χ3n) is 4.09. The summed E-state index contributed by atoms with van der Waals surface area (Å²) in [5, 5.41) is 7.69. The predicted octanol–water partition coefficient (Wildman–Crippen LogP) is 2.89. The molecule has 1 N–H and O–H groups in total. The van der Waals surface area contributed by atoms with E-state index in [2.05, 4.69) is 36.1 Å². The summed E-state index contributed by atoms with van der Waals surface area (Å²) in [5.41, 5.74) is 2.52. The highest BCUT2D eigenvalue weighted by atomic mass is 16.5. The van der Waals surface area contributed by atoms with E-state index < -0.39 is 0 Å². The second-order valence-electron chi connectivity index (χ2n) is 7.18. The first kappa shape index (κ1) is 15.5. The fourth-order valence-corrected chi connectivity index (χ4v) is 2.86. The third-order valence-corrected chi connectivity index (χ3v) is 4.09. The van der Waals surface area contributed by atoms with Gasteiger partial charge in [-0.15, -0.1) is 0 Å². The zero-order valence-corrected chi connectivity index (χ0v) is 13.6. The molecule has 1 unspecified atom stereocenters. The summed E-state index contributed by atoms with van der Waals surface area (Å²) in [7, 11) is 0. The van der Waals surface area contributed by atoms with Crippen LogP contribution in [0, 0.1) is 19.8 Å². The van der Waals surface area contributed by atoms with E-state index in [1.165, 1.54) is 31.5 Å². The van der Waals surface area contributed by atoms with E-state index in [0.29, 0.717) is 0 Å². The fraction of sp³-hybridized carbons (Fsp3) is 0.812. The van der Waals surface area contributed by atoms with Gasteiger partial charge in [0.05, 0.1) is 5.69 Å². The topological polar surface area (TPSA) is 41.3 Å². The number of nitrogens with one attached hydrogen (secondary N) is 1. The van der Waals surface area contributed by atoms with Crippen molar-refractivity contribution in [1.82, 2.24) is 15.4 Å². The second-order valence-corrected chi connectivity index (χ2v) is 7.18. The number of rotatable bonds is 4. The van der Waals surface area contributed by atoms with Gasteiger partial charge in [-0.05, 0) is 66.5 Å². The molecule has 1 fully saturated rings. The minimum atomic E-state index is 0.212. The minimum Gasteiger partial charge on any atom is -0.361 e. The molecule has 0 aliphatic carbocycles. The Bertz CT molecular complexity index is 414. The van der Waals surface area contributed by atoms with Crippen molar-refractivity contribution in [2.45, 2.75) is 59.5 Å². The highest BCUT2D eigenvalue weighted by Crippen LogP contribution is 2.21. The Hall–Kier alpha value is -0.870. The van der Waals surface area contributed by atoms with E-state index in [0.717, 1.165) is 30.5 Å². The average Bonchev–Trinajstić information content (AvgIpc) is 2.68. The first-order valence-electron chi connectivity index (χ1n) is 7.74. The normalized spacial score (nSPS) is 21.4. The molecule has 1 saturated heterocycles. The molecule has 0 spiro atoms. The molecule has 114 valence electrons. The molecule has 2 rings (SSSR count). The van der Waals surface area contributed by atoms with Crippen molar-refractivity contribution in [1.29, 1.82) is 0 Å². The molecule has 4 nitrogen and oxygen atoms in total. The van der Waals surface area contributed by atoms with E-state index >= 15 is 0 Å². The Balaban J connectivity index is 1.87. The highest BCUT2D eigenvalue weighted by Gasteiger charge is 2.23. The summed E-state index contributed by atoms with van der Waals surface area (Å²) < 4.78 is 5.27. The molecule has 1 aromatic rings. The lowest BCUT2D eigenvalue weighted by Gasteiger charge is -2.34. The van der Waals surface area contributed by atoms with Gasteiger partial charge in [-0.1, -0.05) is 5.16 Å². The van der Waals surface area contributed by atoms with Crippen molar-refractivity contribution < 1.29 is 4.52 Å². The molecule has 1 atom stereocenters. The SMILES string of the molecule is Cc1noc(C)c1CN1CCCC(CNC(C)(C)C)C1. The van der Waals surface area contributed by atoms with Crippen LogP contribution in [0.5, 0.6) is 0 Å². The minimum absolute atomic E-state index is 0.212. The van der Waals surface area contributed by atoms with E-state index in [9.17, 15) is 0 Å². The largest absolute Gasteiger partial charge is 0.361 e. The maximum absolute atomic E-state index is 5.27. The molecule has 2 heterocycles. The quantitative estimate of drug-likeness (QED) is 0.920. The smallest absolute Gasteiger partial charge is 0.138 e. The van der Waals surface area contributed by atoms with Gasteiger partial charge in [-0.2, -0.15) is 0 Å². The van der Waals surface area contributed by atoms with Gasteiger partial charge in [-0.3, -0.25) is 4.90 Å². The van der Waals surface area contributed by atoms with Crippen molar-refractivity contribution in [3.63, 3.8) is 0 Å². The van der Waals surface area contributed by atoms with Gasteiger partial charge in [0.15, 0.2) is 0 Å².